The zero-order chi connectivity index (χ0) is 22.3. The van der Waals surface area contributed by atoms with Gasteiger partial charge in [-0.25, -0.2) is 0 Å². The monoisotopic (exact) mass is 442 g/mol. The fraction of sp³-hybridized carbons (Fsp3) is 0.250. The molecule has 3 nitrogen and oxygen atoms in total. The van der Waals surface area contributed by atoms with Crippen LogP contribution in [-0.4, -0.2) is 38.0 Å². The van der Waals surface area contributed by atoms with Gasteiger partial charge in [-0.2, -0.15) is 0 Å². The highest BCUT2D eigenvalue weighted by molar-refractivity contribution is 7.20. The van der Waals surface area contributed by atoms with Gasteiger partial charge in [-0.05, 0) is 74.6 Å². The second-order valence-corrected chi connectivity index (χ2v) is 9.46. The van der Waals surface area contributed by atoms with E-state index in [0.29, 0.717) is 6.54 Å². The molecule has 0 atom stereocenters. The van der Waals surface area contributed by atoms with E-state index in [-0.39, 0.29) is 5.91 Å². The van der Waals surface area contributed by atoms with Crippen LogP contribution >= 0.6 is 11.3 Å². The van der Waals surface area contributed by atoms with Gasteiger partial charge in [0.25, 0.3) is 5.91 Å². The third kappa shape index (κ3) is 5.45. The second-order valence-electron chi connectivity index (χ2n) is 8.38. The summed E-state index contributed by atoms with van der Waals surface area (Å²) < 4.78 is 1.15. The Balaban J connectivity index is 1.63. The molecule has 0 aliphatic rings. The predicted octanol–water partition coefficient (Wildman–Crippen LogP) is 6.29. The molecular weight excluding hydrogens is 412 g/mol. The Morgan fingerprint density at radius 2 is 1.53 bits per heavy atom. The highest BCUT2D eigenvalue weighted by atomic mass is 32.1. The number of para-hydroxylation sites is 1. The number of hydrogen-bond acceptors (Lipinski definition) is 3. The van der Waals surface area contributed by atoms with Gasteiger partial charge in [0, 0.05) is 16.9 Å². The van der Waals surface area contributed by atoms with E-state index in [1.165, 1.54) is 11.1 Å². The minimum atomic E-state index is 0.0946. The first-order chi connectivity index (χ1) is 15.6. The van der Waals surface area contributed by atoms with E-state index < -0.39 is 0 Å². The molecule has 4 aromatic rings. The molecule has 0 saturated carbocycles. The lowest BCUT2D eigenvalue weighted by molar-refractivity contribution is 0.0989. The maximum atomic E-state index is 13.7. The van der Waals surface area contributed by atoms with Gasteiger partial charge < -0.3 is 9.80 Å². The van der Waals surface area contributed by atoms with Crippen molar-refractivity contribution in [3.63, 3.8) is 0 Å². The van der Waals surface area contributed by atoms with Crippen LogP contribution in [0.5, 0.6) is 0 Å². The molecule has 0 bridgehead atoms. The average molecular weight is 443 g/mol. The summed E-state index contributed by atoms with van der Waals surface area (Å²) in [4.78, 5) is 18.7. The fourth-order valence-electron chi connectivity index (χ4n) is 4.01. The molecule has 0 N–H and O–H groups in total. The van der Waals surface area contributed by atoms with Crippen LogP contribution in [0.15, 0.2) is 84.9 Å². The van der Waals surface area contributed by atoms with Crippen LogP contribution in [0, 0.1) is 0 Å². The molecule has 4 heteroatoms. The van der Waals surface area contributed by atoms with E-state index in [9.17, 15) is 4.79 Å². The zero-order valence-electron chi connectivity index (χ0n) is 18.8. The van der Waals surface area contributed by atoms with Gasteiger partial charge in [-0.1, -0.05) is 66.7 Å². The summed E-state index contributed by atoms with van der Waals surface area (Å²) in [7, 11) is 4.15. The number of amides is 1. The van der Waals surface area contributed by atoms with E-state index in [0.717, 1.165) is 46.5 Å². The van der Waals surface area contributed by atoms with Crippen LogP contribution in [0.3, 0.4) is 0 Å². The molecule has 1 amide bonds. The van der Waals surface area contributed by atoms with Crippen molar-refractivity contribution in [2.24, 2.45) is 0 Å². The number of aryl methyl sites for hydroxylation is 2. The lowest BCUT2D eigenvalue weighted by Crippen LogP contribution is -2.33. The van der Waals surface area contributed by atoms with E-state index in [1.54, 1.807) is 11.3 Å². The van der Waals surface area contributed by atoms with Crippen LogP contribution in [0.1, 0.15) is 27.2 Å². The lowest BCUT2D eigenvalue weighted by Gasteiger charge is -2.26. The first kappa shape index (κ1) is 22.3. The SMILES string of the molecule is CN(C)CCCN(C(=O)c1cc2ccccc2s1)c1ccccc1CCc1ccccc1. The lowest BCUT2D eigenvalue weighted by atomic mass is 10.0. The summed E-state index contributed by atoms with van der Waals surface area (Å²) in [6.07, 6.45) is 2.79. The number of nitrogens with zero attached hydrogens (tertiary/aromatic N) is 2. The van der Waals surface area contributed by atoms with Gasteiger partial charge in [0.2, 0.25) is 0 Å². The van der Waals surface area contributed by atoms with Crippen molar-refractivity contribution in [2.45, 2.75) is 19.3 Å². The molecule has 0 saturated heterocycles. The number of hydrogen-bond donors (Lipinski definition) is 0. The van der Waals surface area contributed by atoms with Crippen molar-refractivity contribution in [1.82, 2.24) is 4.90 Å². The van der Waals surface area contributed by atoms with Gasteiger partial charge >= 0.3 is 0 Å². The average Bonchev–Trinajstić information content (AvgIpc) is 3.25. The number of anilines is 1. The fourth-order valence-corrected chi connectivity index (χ4v) is 5.02. The summed E-state index contributed by atoms with van der Waals surface area (Å²) in [5.74, 6) is 0.0946. The van der Waals surface area contributed by atoms with Crippen LogP contribution in [0.25, 0.3) is 10.1 Å². The molecule has 32 heavy (non-hydrogen) atoms. The minimum absolute atomic E-state index is 0.0946. The Kier molecular flexibility index (Phi) is 7.35. The standard InChI is InChI=1S/C28H30N2OS/c1-29(2)19-10-20-30(28(31)27-21-24-14-7-9-16-26(24)32-27)25-15-8-6-13-23(25)18-17-22-11-4-3-5-12-22/h3-9,11-16,21H,10,17-20H2,1-2H3. The summed E-state index contributed by atoms with van der Waals surface area (Å²) in [6, 6.07) is 29.2. The quantitative estimate of drug-likeness (QED) is 0.304. The molecule has 0 fully saturated rings. The zero-order valence-corrected chi connectivity index (χ0v) is 19.6. The normalized spacial score (nSPS) is 11.2. The molecule has 3 aromatic carbocycles. The van der Waals surface area contributed by atoms with E-state index in [4.69, 9.17) is 0 Å². The molecule has 164 valence electrons. The van der Waals surface area contributed by atoms with Crippen molar-refractivity contribution in [1.29, 1.82) is 0 Å². The Bertz CT molecular complexity index is 1130. The number of fused-ring (bicyclic) bond motifs is 1. The summed E-state index contributed by atoms with van der Waals surface area (Å²) in [5.41, 5.74) is 3.57. The van der Waals surface area contributed by atoms with Crippen LogP contribution < -0.4 is 4.90 Å². The number of benzene rings is 3. The van der Waals surface area contributed by atoms with Crippen LogP contribution in [-0.2, 0) is 12.8 Å². The van der Waals surface area contributed by atoms with Gasteiger partial charge in [-0.15, -0.1) is 11.3 Å². The Labute approximate surface area is 194 Å². The van der Waals surface area contributed by atoms with E-state index in [1.807, 2.05) is 35.2 Å². The molecule has 0 unspecified atom stereocenters. The largest absolute Gasteiger partial charge is 0.309 e. The van der Waals surface area contributed by atoms with E-state index >= 15 is 0 Å². The summed E-state index contributed by atoms with van der Waals surface area (Å²) in [5, 5.41) is 1.13. The number of rotatable bonds is 9. The number of carbonyl (C=O) groups excluding carboxylic acids is 1. The molecule has 0 spiro atoms. The molecule has 0 aliphatic carbocycles. The molecule has 1 aromatic heterocycles. The van der Waals surface area contributed by atoms with Crippen molar-refractivity contribution >= 4 is 33.0 Å². The predicted molar refractivity (Wildman–Crippen MR) is 137 cm³/mol. The molecule has 0 radical (unpaired) electrons. The second kappa shape index (κ2) is 10.6. The minimum Gasteiger partial charge on any atom is -0.309 e. The van der Waals surface area contributed by atoms with Gasteiger partial charge in [0.1, 0.15) is 0 Å². The first-order valence-electron chi connectivity index (χ1n) is 11.2. The smallest absolute Gasteiger partial charge is 0.268 e. The first-order valence-corrected chi connectivity index (χ1v) is 12.0. The molecule has 1 heterocycles. The van der Waals surface area contributed by atoms with Gasteiger partial charge in [0.05, 0.1) is 4.88 Å². The Morgan fingerprint density at radius 3 is 2.31 bits per heavy atom. The summed E-state index contributed by atoms with van der Waals surface area (Å²) >= 11 is 1.58. The van der Waals surface area contributed by atoms with Gasteiger partial charge in [0.15, 0.2) is 0 Å². The van der Waals surface area contributed by atoms with Crippen molar-refractivity contribution in [2.75, 3.05) is 32.1 Å². The maximum absolute atomic E-state index is 13.7. The van der Waals surface area contributed by atoms with Crippen LogP contribution in [0.4, 0.5) is 5.69 Å². The number of carbonyl (C=O) groups is 1. The molecule has 0 aliphatic heterocycles. The third-order valence-corrected chi connectivity index (χ3v) is 6.78. The van der Waals surface area contributed by atoms with Crippen molar-refractivity contribution in [3.05, 3.63) is 101 Å². The van der Waals surface area contributed by atoms with Crippen LogP contribution in [0.2, 0.25) is 0 Å². The maximum Gasteiger partial charge on any atom is 0.268 e. The third-order valence-electron chi connectivity index (χ3n) is 5.68. The Hall–Kier alpha value is -2.95. The highest BCUT2D eigenvalue weighted by Crippen LogP contribution is 2.30. The number of thiophene rings is 1. The Morgan fingerprint density at radius 1 is 0.812 bits per heavy atom. The highest BCUT2D eigenvalue weighted by Gasteiger charge is 2.22. The van der Waals surface area contributed by atoms with Crippen molar-refractivity contribution < 1.29 is 4.79 Å². The van der Waals surface area contributed by atoms with E-state index in [2.05, 4.69) is 73.6 Å². The van der Waals surface area contributed by atoms with Crippen molar-refractivity contribution in [3.8, 4) is 0 Å². The summed E-state index contributed by atoms with van der Waals surface area (Å²) in [6.45, 7) is 1.65. The van der Waals surface area contributed by atoms with Gasteiger partial charge in [-0.3, -0.25) is 4.79 Å². The molecular formula is C28H30N2OS. The topological polar surface area (TPSA) is 23.6 Å². The molecule has 4 rings (SSSR count).